The van der Waals surface area contributed by atoms with E-state index in [-0.39, 0.29) is 23.9 Å². The first-order valence-corrected chi connectivity index (χ1v) is 9.50. The minimum absolute atomic E-state index is 0.0487. The smallest absolute Gasteiger partial charge is 0.415 e. The molecular weight excluding hydrogens is 352 g/mol. The van der Waals surface area contributed by atoms with Crippen LogP contribution in [0.25, 0.3) is 0 Å². The van der Waals surface area contributed by atoms with Crippen molar-refractivity contribution in [1.82, 2.24) is 4.90 Å². The van der Waals surface area contributed by atoms with Crippen molar-refractivity contribution < 1.29 is 17.9 Å². The van der Waals surface area contributed by atoms with Gasteiger partial charge in [-0.2, -0.15) is 8.42 Å². The molecular formula is C16H19ClN2O4S. The largest absolute Gasteiger partial charge is 0.447 e. The van der Waals surface area contributed by atoms with E-state index in [4.69, 9.17) is 16.3 Å². The van der Waals surface area contributed by atoms with Crippen molar-refractivity contribution in [2.75, 3.05) is 19.0 Å². The van der Waals surface area contributed by atoms with Crippen LogP contribution in [0.4, 0.5) is 4.79 Å². The first-order chi connectivity index (χ1) is 11.4. The van der Waals surface area contributed by atoms with Gasteiger partial charge in [-0.3, -0.25) is 4.90 Å². The summed E-state index contributed by atoms with van der Waals surface area (Å²) in [4.78, 5) is 13.0. The van der Waals surface area contributed by atoms with Gasteiger partial charge in [-0.05, 0) is 38.0 Å². The number of amidine groups is 1. The number of aryl methyl sites for hydroxylation is 1. The van der Waals surface area contributed by atoms with E-state index in [0.29, 0.717) is 12.3 Å². The number of allylic oxidation sites excluding steroid dienone is 1. The zero-order chi connectivity index (χ0) is 17.6. The Hall–Kier alpha value is -1.86. The molecule has 0 unspecified atom stereocenters. The summed E-state index contributed by atoms with van der Waals surface area (Å²) in [6.07, 6.45) is 4.08. The molecule has 1 fully saturated rings. The maximum Gasteiger partial charge on any atom is 0.415 e. The number of rotatable bonds is 6. The lowest BCUT2D eigenvalue weighted by Gasteiger charge is -2.12. The highest BCUT2D eigenvalue weighted by molar-refractivity contribution is 7.90. The number of unbranched alkanes of at least 4 members (excludes halogenated alkanes) is 1. The summed E-state index contributed by atoms with van der Waals surface area (Å²) in [6.45, 7) is 2.34. The molecule has 1 aliphatic heterocycles. The number of halogens is 1. The summed E-state index contributed by atoms with van der Waals surface area (Å²) in [5, 5.41) is 0. The van der Waals surface area contributed by atoms with Crippen LogP contribution in [0.1, 0.15) is 18.4 Å². The first kappa shape index (κ1) is 18.5. The maximum atomic E-state index is 12.5. The minimum atomic E-state index is -3.92. The third-order valence-electron chi connectivity index (χ3n) is 3.34. The normalized spacial score (nSPS) is 16.0. The Morgan fingerprint density at radius 3 is 2.67 bits per heavy atom. The van der Waals surface area contributed by atoms with Crippen LogP contribution < -0.4 is 0 Å². The molecule has 0 spiro atoms. The van der Waals surface area contributed by atoms with Crippen LogP contribution in [-0.4, -0.2) is 44.3 Å². The number of carbonyl (C=O) groups is 1. The third-order valence-corrected chi connectivity index (χ3v) is 4.90. The zero-order valence-electron chi connectivity index (χ0n) is 13.3. The first-order valence-electron chi connectivity index (χ1n) is 7.52. The average molecular weight is 371 g/mol. The Labute approximate surface area is 146 Å². The number of cyclic esters (lactones) is 1. The molecule has 1 aromatic carbocycles. The minimum Gasteiger partial charge on any atom is -0.447 e. The van der Waals surface area contributed by atoms with E-state index < -0.39 is 16.1 Å². The van der Waals surface area contributed by atoms with Crippen molar-refractivity contribution in [3.63, 3.8) is 0 Å². The van der Waals surface area contributed by atoms with Gasteiger partial charge in [0.15, 0.2) is 5.84 Å². The van der Waals surface area contributed by atoms with Gasteiger partial charge in [0.1, 0.15) is 6.61 Å². The second kappa shape index (κ2) is 8.30. The summed E-state index contributed by atoms with van der Waals surface area (Å²) in [5.41, 5.74) is 0.947. The molecule has 0 N–H and O–H groups in total. The molecule has 1 aliphatic rings. The zero-order valence-corrected chi connectivity index (χ0v) is 14.9. The molecule has 0 radical (unpaired) electrons. The molecule has 8 heteroatoms. The molecule has 0 atom stereocenters. The van der Waals surface area contributed by atoms with Crippen LogP contribution in [0.2, 0.25) is 0 Å². The fourth-order valence-corrected chi connectivity index (χ4v) is 3.19. The van der Waals surface area contributed by atoms with Crippen LogP contribution in [0.3, 0.4) is 0 Å². The summed E-state index contributed by atoms with van der Waals surface area (Å²) < 4.78 is 33.7. The fourth-order valence-electron chi connectivity index (χ4n) is 2.04. The average Bonchev–Trinajstić information content (AvgIpc) is 2.97. The van der Waals surface area contributed by atoms with Gasteiger partial charge < -0.3 is 4.74 Å². The van der Waals surface area contributed by atoms with Crippen molar-refractivity contribution in [2.24, 2.45) is 4.40 Å². The number of alkyl halides is 1. The van der Waals surface area contributed by atoms with Crippen LogP contribution in [-0.2, 0) is 14.8 Å². The topological polar surface area (TPSA) is 76.0 Å². The molecule has 24 heavy (non-hydrogen) atoms. The molecule has 0 bridgehead atoms. The Morgan fingerprint density at radius 1 is 1.38 bits per heavy atom. The van der Waals surface area contributed by atoms with Crippen LogP contribution in [0, 0.1) is 6.92 Å². The molecule has 1 saturated heterocycles. The monoisotopic (exact) mass is 370 g/mol. The van der Waals surface area contributed by atoms with Gasteiger partial charge in [0, 0.05) is 5.88 Å². The number of carbonyl (C=O) groups excluding carboxylic acids is 1. The number of hydrogen-bond donors (Lipinski definition) is 0. The number of amides is 1. The van der Waals surface area contributed by atoms with E-state index in [0.717, 1.165) is 12.0 Å². The number of nitrogens with zero attached hydrogens (tertiary/aromatic N) is 2. The van der Waals surface area contributed by atoms with Gasteiger partial charge in [-0.15, -0.1) is 16.0 Å². The fraction of sp³-hybridized carbons (Fsp3) is 0.375. The highest BCUT2D eigenvalue weighted by Crippen LogP contribution is 2.16. The number of hydrogen-bond acceptors (Lipinski definition) is 4. The Balaban J connectivity index is 2.33. The third kappa shape index (κ3) is 4.82. The van der Waals surface area contributed by atoms with Gasteiger partial charge >= 0.3 is 6.09 Å². The number of benzene rings is 1. The highest BCUT2D eigenvalue weighted by atomic mass is 35.5. The van der Waals surface area contributed by atoms with E-state index in [9.17, 15) is 13.2 Å². The SMILES string of the molecule is Cc1ccc(S(=O)(=O)/N=C(/C=C/CCCCl)N2CCOC2=O)cc1. The van der Waals surface area contributed by atoms with E-state index in [2.05, 4.69) is 4.40 Å². The molecule has 130 valence electrons. The standard InChI is InChI=1S/C16H19ClN2O4S/c1-13-6-8-14(9-7-13)24(21,22)18-15(5-3-2-4-10-17)19-11-12-23-16(19)20/h3,5-9H,2,4,10-12H2,1H3/b5-3+,18-15-. The van der Waals surface area contributed by atoms with E-state index in [1.54, 1.807) is 18.2 Å². The van der Waals surface area contributed by atoms with Crippen molar-refractivity contribution in [3.05, 3.63) is 42.0 Å². The summed E-state index contributed by atoms with van der Waals surface area (Å²) in [6, 6.07) is 6.38. The molecule has 1 amide bonds. The van der Waals surface area contributed by atoms with Crippen molar-refractivity contribution >= 4 is 33.6 Å². The molecule has 6 nitrogen and oxygen atoms in total. The predicted octanol–water partition coefficient (Wildman–Crippen LogP) is 3.11. The second-order valence-electron chi connectivity index (χ2n) is 5.24. The summed E-state index contributed by atoms with van der Waals surface area (Å²) in [7, 11) is -3.92. The van der Waals surface area contributed by atoms with E-state index >= 15 is 0 Å². The van der Waals surface area contributed by atoms with Crippen molar-refractivity contribution in [2.45, 2.75) is 24.7 Å². The molecule has 0 saturated carbocycles. The second-order valence-corrected chi connectivity index (χ2v) is 7.22. The molecule has 0 aliphatic carbocycles. The van der Waals surface area contributed by atoms with Crippen molar-refractivity contribution in [1.29, 1.82) is 0 Å². The van der Waals surface area contributed by atoms with Crippen molar-refractivity contribution in [3.8, 4) is 0 Å². The lowest BCUT2D eigenvalue weighted by molar-refractivity contribution is 0.169. The molecule has 1 heterocycles. The van der Waals surface area contributed by atoms with Crippen LogP contribution >= 0.6 is 11.6 Å². The van der Waals surface area contributed by atoms with E-state index in [1.807, 2.05) is 6.92 Å². The quantitative estimate of drug-likeness (QED) is 0.333. The Bertz CT molecular complexity index is 742. The van der Waals surface area contributed by atoms with Crippen LogP contribution in [0.15, 0.2) is 45.7 Å². The van der Waals surface area contributed by atoms with Gasteiger partial charge in [0.2, 0.25) is 0 Å². The Kier molecular flexibility index (Phi) is 6.39. The van der Waals surface area contributed by atoms with E-state index in [1.165, 1.54) is 23.1 Å². The summed E-state index contributed by atoms with van der Waals surface area (Å²) >= 11 is 5.62. The number of sulfonamides is 1. The lowest BCUT2D eigenvalue weighted by atomic mass is 10.2. The Morgan fingerprint density at radius 2 is 2.08 bits per heavy atom. The predicted molar refractivity (Wildman–Crippen MR) is 92.9 cm³/mol. The maximum absolute atomic E-state index is 12.5. The van der Waals surface area contributed by atoms with Gasteiger partial charge in [0.05, 0.1) is 11.4 Å². The lowest BCUT2D eigenvalue weighted by Crippen LogP contribution is -2.31. The molecule has 1 aromatic rings. The number of ether oxygens (including phenoxy) is 1. The van der Waals surface area contributed by atoms with Gasteiger partial charge in [0.25, 0.3) is 10.0 Å². The van der Waals surface area contributed by atoms with Crippen LogP contribution in [0.5, 0.6) is 0 Å². The van der Waals surface area contributed by atoms with Gasteiger partial charge in [-0.1, -0.05) is 23.8 Å². The molecule has 2 rings (SSSR count). The highest BCUT2D eigenvalue weighted by Gasteiger charge is 2.27. The summed E-state index contributed by atoms with van der Waals surface area (Å²) in [5.74, 6) is 0.553. The molecule has 0 aromatic heterocycles. The van der Waals surface area contributed by atoms with Gasteiger partial charge in [-0.25, -0.2) is 4.79 Å².